The van der Waals surface area contributed by atoms with Crippen LogP contribution < -0.4 is 10.6 Å². The molecule has 1 aliphatic carbocycles. The zero-order valence-corrected chi connectivity index (χ0v) is 15.3. The van der Waals surface area contributed by atoms with E-state index in [9.17, 15) is 10.1 Å². The number of thiophene rings is 1. The molecule has 1 aromatic heterocycles. The number of hydrogen-bond acceptors (Lipinski definition) is 3. The van der Waals surface area contributed by atoms with Crippen LogP contribution in [0.2, 0.25) is 10.0 Å². The van der Waals surface area contributed by atoms with Gasteiger partial charge in [-0.1, -0.05) is 30.1 Å². The Hall–Kier alpha value is -1.74. The molecule has 0 fully saturated rings. The second-order valence-corrected chi connectivity index (χ2v) is 7.80. The monoisotopic (exact) mass is 379 g/mol. The fraction of sp³-hybridized carbons (Fsp3) is 0.294. The molecular weight excluding hydrogens is 365 g/mol. The van der Waals surface area contributed by atoms with E-state index < -0.39 is 6.03 Å². The van der Waals surface area contributed by atoms with Gasteiger partial charge in [-0.2, -0.15) is 5.26 Å². The van der Waals surface area contributed by atoms with Crippen LogP contribution in [0.25, 0.3) is 0 Å². The first-order valence-electron chi connectivity index (χ1n) is 7.55. The van der Waals surface area contributed by atoms with E-state index in [4.69, 9.17) is 23.2 Å². The molecule has 1 atom stereocenters. The van der Waals surface area contributed by atoms with E-state index in [1.54, 1.807) is 18.2 Å². The third-order valence-electron chi connectivity index (χ3n) is 4.03. The Labute approximate surface area is 154 Å². The fourth-order valence-electron chi connectivity index (χ4n) is 2.80. The predicted octanol–water partition coefficient (Wildman–Crippen LogP) is 5.70. The third kappa shape index (κ3) is 3.51. The number of nitrogens with zero attached hydrogens (tertiary/aromatic N) is 1. The summed E-state index contributed by atoms with van der Waals surface area (Å²) in [5, 5.41) is 16.3. The van der Waals surface area contributed by atoms with Crippen molar-refractivity contribution in [1.29, 1.82) is 5.26 Å². The first kappa shape index (κ1) is 17.1. The summed E-state index contributed by atoms with van der Waals surface area (Å²) in [6, 6.07) is 6.69. The Bertz CT molecular complexity index is 841. The van der Waals surface area contributed by atoms with Crippen LogP contribution in [-0.4, -0.2) is 6.03 Å². The van der Waals surface area contributed by atoms with Gasteiger partial charge >= 0.3 is 6.03 Å². The Morgan fingerprint density at radius 3 is 2.83 bits per heavy atom. The maximum absolute atomic E-state index is 12.2. The topological polar surface area (TPSA) is 64.9 Å². The number of halogens is 2. The Morgan fingerprint density at radius 2 is 2.12 bits per heavy atom. The summed E-state index contributed by atoms with van der Waals surface area (Å²) < 4.78 is 0. The lowest BCUT2D eigenvalue weighted by Crippen LogP contribution is -2.19. The summed E-state index contributed by atoms with van der Waals surface area (Å²) in [5.74, 6) is 0.612. The maximum Gasteiger partial charge on any atom is 0.324 e. The predicted molar refractivity (Wildman–Crippen MR) is 99.3 cm³/mol. The van der Waals surface area contributed by atoms with Gasteiger partial charge < -0.3 is 5.32 Å². The summed E-state index contributed by atoms with van der Waals surface area (Å²) in [6.45, 7) is 2.21. The number of nitriles is 1. The highest BCUT2D eigenvalue weighted by atomic mass is 35.5. The van der Waals surface area contributed by atoms with E-state index in [0.717, 1.165) is 24.8 Å². The molecule has 0 saturated heterocycles. The lowest BCUT2D eigenvalue weighted by atomic mass is 9.89. The molecular formula is C17H15Cl2N3OS. The molecule has 0 aliphatic heterocycles. The van der Waals surface area contributed by atoms with Gasteiger partial charge in [0.25, 0.3) is 0 Å². The van der Waals surface area contributed by atoms with E-state index in [1.807, 2.05) is 0 Å². The third-order valence-corrected chi connectivity index (χ3v) is 5.94. The molecule has 1 aromatic carbocycles. The Balaban J connectivity index is 1.77. The van der Waals surface area contributed by atoms with Gasteiger partial charge in [0, 0.05) is 10.6 Å². The minimum Gasteiger partial charge on any atom is -0.308 e. The molecule has 2 aromatic rings. The molecule has 0 spiro atoms. The van der Waals surface area contributed by atoms with E-state index >= 15 is 0 Å². The standard InChI is InChI=1S/C17H15Cl2N3OS/c1-9-2-4-11-12(8-20)16(24-15(11)6-9)22-17(23)21-10-3-5-13(18)14(19)7-10/h3,5,7,9H,2,4,6H2,1H3,(H2,21,22,23). The normalized spacial score (nSPS) is 16.2. The largest absolute Gasteiger partial charge is 0.324 e. The van der Waals surface area contributed by atoms with Crippen LogP contribution in [0.3, 0.4) is 0 Å². The Morgan fingerprint density at radius 1 is 1.33 bits per heavy atom. The van der Waals surface area contributed by atoms with Crippen molar-refractivity contribution in [2.24, 2.45) is 5.92 Å². The van der Waals surface area contributed by atoms with Gasteiger partial charge in [0.15, 0.2) is 0 Å². The second kappa shape index (κ2) is 7.02. The summed E-state index contributed by atoms with van der Waals surface area (Å²) in [6.07, 6.45) is 2.93. The second-order valence-electron chi connectivity index (χ2n) is 5.88. The van der Waals surface area contributed by atoms with E-state index in [1.165, 1.54) is 16.2 Å². The van der Waals surface area contributed by atoms with Crippen molar-refractivity contribution < 1.29 is 4.79 Å². The molecule has 0 saturated carbocycles. The van der Waals surface area contributed by atoms with Gasteiger partial charge in [0.1, 0.15) is 11.1 Å². The van der Waals surface area contributed by atoms with Gasteiger partial charge in [0.05, 0.1) is 15.6 Å². The first-order valence-corrected chi connectivity index (χ1v) is 9.13. The maximum atomic E-state index is 12.2. The number of nitrogens with one attached hydrogen (secondary N) is 2. The number of rotatable bonds is 2. The molecule has 0 radical (unpaired) electrons. The van der Waals surface area contributed by atoms with Crippen LogP contribution in [0.5, 0.6) is 0 Å². The van der Waals surface area contributed by atoms with Crippen LogP contribution in [0.15, 0.2) is 18.2 Å². The van der Waals surface area contributed by atoms with E-state index in [2.05, 4.69) is 23.6 Å². The number of anilines is 2. The summed E-state index contributed by atoms with van der Waals surface area (Å²) in [7, 11) is 0. The molecule has 2 N–H and O–H groups in total. The smallest absolute Gasteiger partial charge is 0.308 e. The number of amides is 2. The zero-order valence-electron chi connectivity index (χ0n) is 13.0. The zero-order chi connectivity index (χ0) is 17.3. The van der Waals surface area contributed by atoms with Crippen molar-refractivity contribution >= 4 is 51.3 Å². The highest BCUT2D eigenvalue weighted by Gasteiger charge is 2.24. The molecule has 1 heterocycles. The van der Waals surface area contributed by atoms with Crippen molar-refractivity contribution in [3.63, 3.8) is 0 Å². The van der Waals surface area contributed by atoms with Gasteiger partial charge in [-0.25, -0.2) is 4.79 Å². The number of carbonyl (C=O) groups excluding carboxylic acids is 1. The average Bonchev–Trinajstić information content (AvgIpc) is 2.86. The summed E-state index contributed by atoms with van der Waals surface area (Å²) >= 11 is 13.3. The minimum absolute atomic E-state index is 0.368. The lowest BCUT2D eigenvalue weighted by molar-refractivity contribution is 0.262. The SMILES string of the molecule is CC1CCc2c(sc(NC(=O)Nc3ccc(Cl)c(Cl)c3)c2C#N)C1. The van der Waals surface area contributed by atoms with Crippen molar-refractivity contribution in [1.82, 2.24) is 0 Å². The molecule has 24 heavy (non-hydrogen) atoms. The van der Waals surface area contributed by atoms with Gasteiger partial charge in [0.2, 0.25) is 0 Å². The molecule has 3 rings (SSSR count). The average molecular weight is 380 g/mol. The van der Waals surface area contributed by atoms with Crippen molar-refractivity contribution in [3.05, 3.63) is 44.2 Å². The summed E-state index contributed by atoms with van der Waals surface area (Å²) in [5.41, 5.74) is 2.21. The molecule has 7 heteroatoms. The van der Waals surface area contributed by atoms with Gasteiger partial charge in [-0.3, -0.25) is 5.32 Å². The van der Waals surface area contributed by atoms with E-state index in [-0.39, 0.29) is 0 Å². The van der Waals surface area contributed by atoms with Crippen molar-refractivity contribution in [2.75, 3.05) is 10.6 Å². The minimum atomic E-state index is -0.406. The number of hydrogen-bond donors (Lipinski definition) is 2. The molecule has 124 valence electrons. The number of carbonyl (C=O) groups is 1. The first-order chi connectivity index (χ1) is 11.5. The van der Waals surface area contributed by atoms with Crippen LogP contribution in [0.4, 0.5) is 15.5 Å². The molecule has 4 nitrogen and oxygen atoms in total. The number of benzene rings is 1. The van der Waals surface area contributed by atoms with Gasteiger partial charge in [-0.05, 0) is 48.9 Å². The van der Waals surface area contributed by atoms with Gasteiger partial charge in [-0.15, -0.1) is 11.3 Å². The van der Waals surface area contributed by atoms with Crippen LogP contribution >= 0.6 is 34.5 Å². The highest BCUT2D eigenvalue weighted by molar-refractivity contribution is 7.16. The van der Waals surface area contributed by atoms with Crippen LogP contribution in [0, 0.1) is 17.2 Å². The fourth-order valence-corrected chi connectivity index (χ4v) is 4.45. The molecule has 1 unspecified atom stereocenters. The molecule has 0 bridgehead atoms. The molecule has 1 aliphatic rings. The quantitative estimate of drug-likeness (QED) is 0.702. The van der Waals surface area contributed by atoms with Crippen molar-refractivity contribution in [3.8, 4) is 6.07 Å². The van der Waals surface area contributed by atoms with E-state index in [0.29, 0.717) is 32.2 Å². The highest BCUT2D eigenvalue weighted by Crippen LogP contribution is 2.39. The summed E-state index contributed by atoms with van der Waals surface area (Å²) in [4.78, 5) is 13.4. The number of fused-ring (bicyclic) bond motifs is 1. The Kier molecular flexibility index (Phi) is 5.00. The molecule has 2 amide bonds. The number of urea groups is 1. The van der Waals surface area contributed by atoms with Crippen LogP contribution in [0.1, 0.15) is 29.3 Å². The lowest BCUT2D eigenvalue weighted by Gasteiger charge is -2.17. The van der Waals surface area contributed by atoms with Crippen molar-refractivity contribution in [2.45, 2.75) is 26.2 Å². The van der Waals surface area contributed by atoms with Crippen LogP contribution in [-0.2, 0) is 12.8 Å².